The molecule has 1 aliphatic rings. The Morgan fingerprint density at radius 2 is 1.86 bits per heavy atom. The van der Waals surface area contributed by atoms with Crippen LogP contribution in [0.5, 0.6) is 0 Å². The molecular weight excluding hydrogens is 272 g/mol. The Balaban J connectivity index is 1.71. The fourth-order valence-electron chi connectivity index (χ4n) is 2.61. The lowest BCUT2D eigenvalue weighted by Gasteiger charge is -2.33. The highest BCUT2D eigenvalue weighted by Crippen LogP contribution is 2.22. The molecule has 0 unspecified atom stereocenters. The molecule has 0 atom stereocenters. The Bertz CT molecular complexity index is 671. The zero-order valence-corrected chi connectivity index (χ0v) is 11.5. The molecule has 0 saturated carbocycles. The lowest BCUT2D eigenvalue weighted by Crippen LogP contribution is -2.49. The molecule has 0 bridgehead atoms. The van der Waals surface area contributed by atoms with Gasteiger partial charge in [0.25, 0.3) is 5.91 Å². The van der Waals surface area contributed by atoms with E-state index in [-0.39, 0.29) is 12.5 Å². The van der Waals surface area contributed by atoms with E-state index >= 15 is 0 Å². The van der Waals surface area contributed by atoms with Gasteiger partial charge in [-0.25, -0.2) is 0 Å². The maximum absolute atomic E-state index is 12.5. The molecule has 110 valence electrons. The number of amides is 1. The van der Waals surface area contributed by atoms with Crippen molar-refractivity contribution in [3.63, 3.8) is 0 Å². The SMILES string of the molecule is O=C(O)CN1CCN(C(=O)c2coc3ccccc23)CC1. The van der Waals surface area contributed by atoms with Gasteiger partial charge in [0.05, 0.1) is 12.1 Å². The molecule has 1 amide bonds. The normalized spacial score (nSPS) is 16.3. The highest BCUT2D eigenvalue weighted by atomic mass is 16.4. The van der Waals surface area contributed by atoms with Gasteiger partial charge in [0, 0.05) is 31.6 Å². The van der Waals surface area contributed by atoms with Crippen LogP contribution in [0.25, 0.3) is 11.0 Å². The summed E-state index contributed by atoms with van der Waals surface area (Å²) in [6.07, 6.45) is 1.50. The number of rotatable bonds is 3. The molecule has 6 heteroatoms. The Hall–Kier alpha value is -2.34. The van der Waals surface area contributed by atoms with Crippen LogP contribution >= 0.6 is 0 Å². The van der Waals surface area contributed by atoms with Crippen molar-refractivity contribution in [3.05, 3.63) is 36.1 Å². The van der Waals surface area contributed by atoms with Gasteiger partial charge < -0.3 is 14.4 Å². The number of benzene rings is 1. The van der Waals surface area contributed by atoms with E-state index < -0.39 is 5.97 Å². The number of furan rings is 1. The largest absolute Gasteiger partial charge is 0.480 e. The molecule has 1 aromatic carbocycles. The summed E-state index contributed by atoms with van der Waals surface area (Å²) in [5.74, 6) is -0.898. The lowest BCUT2D eigenvalue weighted by atomic mass is 10.1. The number of piperazine rings is 1. The number of carboxylic acids is 1. The Kier molecular flexibility index (Phi) is 3.62. The van der Waals surface area contributed by atoms with Gasteiger partial charge in [0.2, 0.25) is 0 Å². The second-order valence-electron chi connectivity index (χ2n) is 5.11. The van der Waals surface area contributed by atoms with Gasteiger partial charge in [-0.3, -0.25) is 14.5 Å². The molecular formula is C15H16N2O4. The standard InChI is InChI=1S/C15H16N2O4/c18-14(19)9-16-5-7-17(8-6-16)15(20)12-10-21-13-4-2-1-3-11(12)13/h1-4,10H,5-9H2,(H,18,19). The van der Waals surface area contributed by atoms with Crippen LogP contribution < -0.4 is 0 Å². The minimum absolute atomic E-state index is 0.0245. The molecule has 1 fully saturated rings. The van der Waals surface area contributed by atoms with Gasteiger partial charge in [-0.1, -0.05) is 18.2 Å². The molecule has 1 aliphatic heterocycles. The van der Waals surface area contributed by atoms with Crippen molar-refractivity contribution < 1.29 is 19.1 Å². The average Bonchev–Trinajstić information content (AvgIpc) is 2.90. The van der Waals surface area contributed by atoms with Gasteiger partial charge in [0.15, 0.2) is 0 Å². The van der Waals surface area contributed by atoms with E-state index in [1.165, 1.54) is 6.26 Å². The molecule has 0 spiro atoms. The van der Waals surface area contributed by atoms with Gasteiger partial charge in [0.1, 0.15) is 11.8 Å². The quantitative estimate of drug-likeness (QED) is 0.921. The summed E-state index contributed by atoms with van der Waals surface area (Å²) >= 11 is 0. The second kappa shape index (κ2) is 5.57. The van der Waals surface area contributed by atoms with Crippen LogP contribution in [0.15, 0.2) is 34.9 Å². The Morgan fingerprint density at radius 1 is 1.14 bits per heavy atom. The van der Waals surface area contributed by atoms with Crippen LogP contribution in [0.1, 0.15) is 10.4 Å². The van der Waals surface area contributed by atoms with E-state index in [0.717, 1.165) is 5.39 Å². The molecule has 0 aliphatic carbocycles. The monoisotopic (exact) mass is 288 g/mol. The van der Waals surface area contributed by atoms with Crippen LogP contribution in [0, 0.1) is 0 Å². The number of hydrogen-bond acceptors (Lipinski definition) is 4. The molecule has 3 rings (SSSR count). The first-order valence-corrected chi connectivity index (χ1v) is 6.85. The summed E-state index contributed by atoms with van der Waals surface area (Å²) in [5, 5.41) is 9.59. The minimum atomic E-state index is -0.837. The van der Waals surface area contributed by atoms with Crippen molar-refractivity contribution in [3.8, 4) is 0 Å². The van der Waals surface area contributed by atoms with E-state index in [4.69, 9.17) is 9.52 Å². The zero-order chi connectivity index (χ0) is 14.8. The first-order chi connectivity index (χ1) is 10.1. The van der Waals surface area contributed by atoms with Crippen LogP contribution in [0.2, 0.25) is 0 Å². The fraction of sp³-hybridized carbons (Fsp3) is 0.333. The second-order valence-corrected chi connectivity index (χ2v) is 5.11. The van der Waals surface area contributed by atoms with E-state index in [9.17, 15) is 9.59 Å². The smallest absolute Gasteiger partial charge is 0.317 e. The summed E-state index contributed by atoms with van der Waals surface area (Å²) in [5.41, 5.74) is 1.27. The summed E-state index contributed by atoms with van der Waals surface area (Å²) in [6.45, 7) is 2.25. The number of nitrogens with zero attached hydrogens (tertiary/aromatic N) is 2. The lowest BCUT2D eigenvalue weighted by molar-refractivity contribution is -0.138. The van der Waals surface area contributed by atoms with E-state index in [1.54, 1.807) is 4.90 Å². The predicted molar refractivity (Wildman–Crippen MR) is 76.2 cm³/mol. The average molecular weight is 288 g/mol. The van der Waals surface area contributed by atoms with Gasteiger partial charge in [-0.2, -0.15) is 0 Å². The maximum Gasteiger partial charge on any atom is 0.317 e. The number of para-hydroxylation sites is 1. The molecule has 1 N–H and O–H groups in total. The first-order valence-electron chi connectivity index (χ1n) is 6.85. The van der Waals surface area contributed by atoms with Gasteiger partial charge >= 0.3 is 5.97 Å². The van der Waals surface area contributed by atoms with Crippen molar-refractivity contribution in [1.29, 1.82) is 0 Å². The maximum atomic E-state index is 12.5. The van der Waals surface area contributed by atoms with Crippen molar-refractivity contribution >= 4 is 22.8 Å². The van der Waals surface area contributed by atoms with Crippen LogP contribution in [0.3, 0.4) is 0 Å². The van der Waals surface area contributed by atoms with Crippen LogP contribution in [0.4, 0.5) is 0 Å². The van der Waals surface area contributed by atoms with E-state index in [2.05, 4.69) is 0 Å². The van der Waals surface area contributed by atoms with Crippen LogP contribution in [-0.4, -0.2) is 59.5 Å². The number of carboxylic acid groups (broad SMARTS) is 1. The minimum Gasteiger partial charge on any atom is -0.480 e. The number of aliphatic carboxylic acids is 1. The molecule has 1 saturated heterocycles. The highest BCUT2D eigenvalue weighted by molar-refractivity contribution is 6.05. The highest BCUT2D eigenvalue weighted by Gasteiger charge is 2.25. The summed E-state index contributed by atoms with van der Waals surface area (Å²) in [7, 11) is 0. The Labute approximate surface area is 121 Å². The molecule has 2 heterocycles. The number of hydrogen-bond donors (Lipinski definition) is 1. The third kappa shape index (κ3) is 2.75. The van der Waals surface area contributed by atoms with Crippen molar-refractivity contribution in [1.82, 2.24) is 9.80 Å². The van der Waals surface area contributed by atoms with E-state index in [1.807, 2.05) is 29.2 Å². The molecule has 21 heavy (non-hydrogen) atoms. The van der Waals surface area contributed by atoms with Crippen molar-refractivity contribution in [2.45, 2.75) is 0 Å². The number of carbonyl (C=O) groups excluding carboxylic acids is 1. The van der Waals surface area contributed by atoms with E-state index in [0.29, 0.717) is 37.3 Å². The van der Waals surface area contributed by atoms with Crippen molar-refractivity contribution in [2.24, 2.45) is 0 Å². The predicted octanol–water partition coefficient (Wildman–Crippen LogP) is 1.28. The molecule has 6 nitrogen and oxygen atoms in total. The third-order valence-electron chi connectivity index (χ3n) is 3.73. The van der Waals surface area contributed by atoms with Gasteiger partial charge in [-0.15, -0.1) is 0 Å². The molecule has 0 radical (unpaired) electrons. The first kappa shape index (κ1) is 13.6. The molecule has 1 aromatic heterocycles. The summed E-state index contributed by atoms with van der Waals surface area (Å²) in [4.78, 5) is 26.8. The number of fused-ring (bicyclic) bond motifs is 1. The number of carbonyl (C=O) groups is 2. The summed E-state index contributed by atoms with van der Waals surface area (Å²) < 4.78 is 5.40. The molecule has 2 aromatic rings. The third-order valence-corrected chi connectivity index (χ3v) is 3.73. The van der Waals surface area contributed by atoms with Crippen molar-refractivity contribution in [2.75, 3.05) is 32.7 Å². The zero-order valence-electron chi connectivity index (χ0n) is 11.5. The topological polar surface area (TPSA) is 74.0 Å². The fourth-order valence-corrected chi connectivity index (χ4v) is 2.61. The Morgan fingerprint density at radius 3 is 2.57 bits per heavy atom. The van der Waals surface area contributed by atoms with Gasteiger partial charge in [-0.05, 0) is 6.07 Å². The van der Waals surface area contributed by atoms with Crippen LogP contribution in [-0.2, 0) is 4.79 Å². The summed E-state index contributed by atoms with van der Waals surface area (Å²) in [6, 6.07) is 7.44.